The molecule has 0 saturated carbocycles. The molecule has 0 aromatic heterocycles. The van der Waals surface area contributed by atoms with Gasteiger partial charge in [0.15, 0.2) is 0 Å². The lowest BCUT2D eigenvalue weighted by atomic mass is 9.87. The number of alkyl halides is 3. The molecule has 316 valence electrons. The molecule has 0 aliphatic rings. The Morgan fingerprint density at radius 1 is 0.842 bits per heavy atom. The van der Waals surface area contributed by atoms with Crippen LogP contribution >= 0.6 is 0 Å². The molecule has 3 aromatic carbocycles. The van der Waals surface area contributed by atoms with E-state index in [0.29, 0.717) is 18.8 Å². The smallest absolute Gasteiger partial charge is 0.389 e. The molecule has 0 amide bonds. The highest BCUT2D eigenvalue weighted by molar-refractivity contribution is 5.80. The molecule has 0 aliphatic carbocycles. The molecule has 0 fully saturated rings. The van der Waals surface area contributed by atoms with Crippen molar-refractivity contribution in [3.8, 4) is 28.0 Å². The number of methoxy groups -OCH3 is 1. The minimum Gasteiger partial charge on any atom is -0.516 e. The number of aldehydes is 1. The van der Waals surface area contributed by atoms with E-state index in [4.69, 9.17) is 29.3 Å². The molecule has 0 atom stereocenters. The summed E-state index contributed by atoms with van der Waals surface area (Å²) < 4.78 is 48.4. The number of hydrogen-bond donors (Lipinski definition) is 3. The summed E-state index contributed by atoms with van der Waals surface area (Å²) in [4.78, 5) is 16.8. The van der Waals surface area contributed by atoms with E-state index in [9.17, 15) is 18.3 Å². The Bertz CT molecular complexity index is 1530. The molecule has 3 rings (SSSR count). The molecule has 0 bridgehead atoms. The van der Waals surface area contributed by atoms with Crippen LogP contribution < -0.4 is 4.74 Å². The average molecular weight is 799 g/mol. The maximum absolute atomic E-state index is 12.6. The number of hydrogen-bond acceptors (Lipinski definition) is 7. The number of ether oxygens (including phenoxy) is 2. The molecule has 3 N–H and O–H groups in total. The minimum atomic E-state index is -4.11. The first-order chi connectivity index (χ1) is 27.6. The van der Waals surface area contributed by atoms with Crippen LogP contribution in [-0.2, 0) is 20.7 Å². The number of benzene rings is 3. The maximum atomic E-state index is 12.6. The van der Waals surface area contributed by atoms with E-state index in [1.807, 2.05) is 63.1 Å². The van der Waals surface area contributed by atoms with Gasteiger partial charge in [-0.3, -0.25) is 0 Å². The summed E-state index contributed by atoms with van der Waals surface area (Å²) >= 11 is 0. The molecule has 3 aromatic rings. The summed E-state index contributed by atoms with van der Waals surface area (Å²) in [5.41, 5.74) is 8.58. The average Bonchev–Trinajstić information content (AvgIpc) is 3.24. The van der Waals surface area contributed by atoms with Crippen LogP contribution in [0.3, 0.4) is 0 Å². The summed E-state index contributed by atoms with van der Waals surface area (Å²) in [5.74, 6) is 0.688. The van der Waals surface area contributed by atoms with Gasteiger partial charge in [-0.25, -0.2) is 0 Å². The third kappa shape index (κ3) is 25.7. The van der Waals surface area contributed by atoms with Gasteiger partial charge in [-0.15, -0.1) is 19.7 Å². The Morgan fingerprint density at radius 3 is 1.88 bits per heavy atom. The minimum absolute atomic E-state index is 0.0503. The summed E-state index contributed by atoms with van der Waals surface area (Å²) in [7, 11) is 1.67. The van der Waals surface area contributed by atoms with Crippen LogP contribution in [0.4, 0.5) is 13.2 Å². The Labute approximate surface area is 339 Å². The highest BCUT2D eigenvalue weighted by atomic mass is 19.4. The first-order valence-electron chi connectivity index (χ1n) is 18.8. The number of carbonyl (C=O) groups excluding carboxylic acids is 2. The van der Waals surface area contributed by atoms with Crippen LogP contribution in [0.25, 0.3) is 27.8 Å². The van der Waals surface area contributed by atoms with E-state index >= 15 is 0 Å². The Morgan fingerprint density at radius 2 is 1.37 bits per heavy atom. The molecule has 7 nitrogen and oxygen atoms in total. The normalized spacial score (nSPS) is 10.5. The summed E-state index contributed by atoms with van der Waals surface area (Å²) in [6.45, 7) is 19.7. The molecule has 10 heteroatoms. The third-order valence-corrected chi connectivity index (χ3v) is 7.57. The molecule has 0 unspecified atom stereocenters. The van der Waals surface area contributed by atoms with Crippen molar-refractivity contribution in [2.45, 2.75) is 78.8 Å². The van der Waals surface area contributed by atoms with Crippen molar-refractivity contribution in [2.75, 3.05) is 33.5 Å². The molecule has 57 heavy (non-hydrogen) atoms. The second-order valence-electron chi connectivity index (χ2n) is 11.3. The second kappa shape index (κ2) is 37.9. The number of aliphatic hydroxyl groups excluding tert-OH is 3. The van der Waals surface area contributed by atoms with E-state index in [-0.39, 0.29) is 26.2 Å². The Kier molecular flexibility index (Phi) is 37.4. The second-order valence-corrected chi connectivity index (χ2v) is 11.3. The van der Waals surface area contributed by atoms with E-state index in [1.165, 1.54) is 18.6 Å². The zero-order valence-electron chi connectivity index (χ0n) is 34.5. The van der Waals surface area contributed by atoms with E-state index < -0.39 is 12.6 Å². The molecule has 0 spiro atoms. The van der Waals surface area contributed by atoms with Gasteiger partial charge in [0.05, 0.1) is 19.5 Å². The SMILES string of the molecule is C=C.C=CCO.C=O.CC.CC=O.COCC\C=C/C(=C\C=C\O)c1ccc(-c2ccc(-c3ccc(OCCO)cc3)c(C)c2CCCCCCC(F)(F)F)cc1. The fourth-order valence-corrected chi connectivity index (χ4v) is 5.17. The number of unbranched alkanes of at least 4 members (excludes halogenated alkanes) is 3. The largest absolute Gasteiger partial charge is 0.516 e. The Hall–Kier alpha value is -5.03. The van der Waals surface area contributed by atoms with E-state index in [1.54, 1.807) is 13.2 Å². The summed E-state index contributed by atoms with van der Waals surface area (Å²) in [6.07, 6.45) is 9.60. The van der Waals surface area contributed by atoms with Crippen LogP contribution in [0.2, 0.25) is 0 Å². The summed E-state index contributed by atoms with van der Waals surface area (Å²) in [5, 5.41) is 26.0. The fraction of sp³-hybridized carbons (Fsp3) is 0.362. The van der Waals surface area contributed by atoms with Crippen LogP contribution in [0.5, 0.6) is 5.75 Å². The van der Waals surface area contributed by atoms with Gasteiger partial charge in [-0.2, -0.15) is 13.2 Å². The lowest BCUT2D eigenvalue weighted by Gasteiger charge is -2.18. The molecule has 0 heterocycles. The number of aliphatic hydroxyl groups is 3. The number of rotatable bonds is 18. The number of carbonyl (C=O) groups is 2. The van der Waals surface area contributed by atoms with E-state index in [0.717, 1.165) is 77.2 Å². The molecular formula is C47H65F3O7. The number of halogens is 3. The van der Waals surface area contributed by atoms with Gasteiger partial charge in [0.2, 0.25) is 0 Å². The van der Waals surface area contributed by atoms with Gasteiger partial charge >= 0.3 is 6.18 Å². The molecule has 0 aliphatic heterocycles. The predicted molar refractivity (Wildman–Crippen MR) is 232 cm³/mol. The van der Waals surface area contributed by atoms with Crippen molar-refractivity contribution in [3.05, 3.63) is 134 Å². The Balaban J connectivity index is -0.00000199. The van der Waals surface area contributed by atoms with Crippen molar-refractivity contribution >= 4 is 18.6 Å². The van der Waals surface area contributed by atoms with Crippen LogP contribution in [-0.4, -0.2) is 68.1 Å². The molecular weight excluding hydrogens is 734 g/mol. The highest BCUT2D eigenvalue weighted by Gasteiger charge is 2.25. The zero-order valence-corrected chi connectivity index (χ0v) is 34.5. The van der Waals surface area contributed by atoms with Gasteiger partial charge in [0, 0.05) is 20.1 Å². The topological polar surface area (TPSA) is 113 Å². The van der Waals surface area contributed by atoms with Crippen molar-refractivity contribution < 1.29 is 47.6 Å². The first-order valence-corrected chi connectivity index (χ1v) is 18.8. The lowest BCUT2D eigenvalue weighted by Crippen LogP contribution is -2.06. The van der Waals surface area contributed by atoms with Crippen molar-refractivity contribution in [2.24, 2.45) is 0 Å². The standard InChI is InChI=1S/C37H43F3O4.C3H6O.C2H4O.C2H6.C2H4.CH2O/c1-28-34(31-17-19-33(20-18-31)44-27-25-42)21-22-36(35(28)12-5-3-4-7-23-37(38,39)40)32-15-13-30(14-16-32)29(11-9-24-41)10-6-8-26-43-2;1-2-3-4;1-2-3;3*1-2/h6,9-11,13-22,24,41-42H,3-5,7-8,12,23,25-27H2,1-2H3;2,4H,1,3H2;2H,1H3;1-2H3;1-2H2;1H2/b10-6-,24-9+,29-11+;;;;;. The molecule has 0 saturated heterocycles. The first kappa shape index (κ1) is 56.3. The lowest BCUT2D eigenvalue weighted by molar-refractivity contribution is -0.135. The predicted octanol–water partition coefficient (Wildman–Crippen LogP) is 11.8. The van der Waals surface area contributed by atoms with Gasteiger partial charge in [-0.1, -0.05) is 99.5 Å². The monoisotopic (exact) mass is 798 g/mol. The highest BCUT2D eigenvalue weighted by Crippen LogP contribution is 2.36. The maximum Gasteiger partial charge on any atom is 0.389 e. The van der Waals surface area contributed by atoms with Gasteiger partial charge in [0.25, 0.3) is 0 Å². The van der Waals surface area contributed by atoms with Crippen LogP contribution in [0.15, 0.2) is 117 Å². The van der Waals surface area contributed by atoms with Crippen molar-refractivity contribution in [1.29, 1.82) is 0 Å². The van der Waals surface area contributed by atoms with Gasteiger partial charge in [-0.05, 0) is 102 Å². The van der Waals surface area contributed by atoms with Crippen LogP contribution in [0, 0.1) is 6.92 Å². The zero-order chi connectivity index (χ0) is 43.9. The third-order valence-electron chi connectivity index (χ3n) is 7.57. The van der Waals surface area contributed by atoms with Crippen molar-refractivity contribution in [1.82, 2.24) is 0 Å². The molecule has 0 radical (unpaired) electrons. The fourth-order valence-electron chi connectivity index (χ4n) is 5.17. The summed E-state index contributed by atoms with van der Waals surface area (Å²) in [6, 6.07) is 20.3. The van der Waals surface area contributed by atoms with Crippen LogP contribution in [0.1, 0.15) is 76.0 Å². The van der Waals surface area contributed by atoms with Gasteiger partial charge < -0.3 is 34.4 Å². The number of allylic oxidation sites excluding steroid dienone is 4. The van der Waals surface area contributed by atoms with E-state index in [2.05, 4.69) is 63.1 Å². The van der Waals surface area contributed by atoms with Gasteiger partial charge in [0.1, 0.15) is 25.4 Å². The quantitative estimate of drug-likeness (QED) is 0.0386. The van der Waals surface area contributed by atoms with Crippen molar-refractivity contribution in [3.63, 3.8) is 0 Å².